The van der Waals surface area contributed by atoms with E-state index in [1.165, 1.54) is 4.90 Å². The lowest BCUT2D eigenvalue weighted by molar-refractivity contribution is -0.145. The summed E-state index contributed by atoms with van der Waals surface area (Å²) in [6.45, 7) is 1.92. The molecule has 0 aliphatic carbocycles. The molecule has 0 spiro atoms. The van der Waals surface area contributed by atoms with Gasteiger partial charge in [-0.15, -0.1) is 0 Å². The van der Waals surface area contributed by atoms with Crippen LogP contribution in [0.3, 0.4) is 0 Å². The second kappa shape index (κ2) is 12.0. The molecule has 2 amide bonds. The van der Waals surface area contributed by atoms with Gasteiger partial charge in [-0.05, 0) is 61.5 Å². The zero-order valence-electron chi connectivity index (χ0n) is 18.9. The summed E-state index contributed by atoms with van der Waals surface area (Å²) in [6, 6.07) is 15.1. The van der Waals surface area contributed by atoms with Gasteiger partial charge in [-0.2, -0.15) is 0 Å². The van der Waals surface area contributed by atoms with Crippen LogP contribution in [0.4, 0.5) is 17.3 Å². The Hall–Kier alpha value is -4.47. The van der Waals surface area contributed by atoms with Crippen LogP contribution in [0, 0.1) is 0 Å². The molecule has 0 fully saturated rings. The third-order valence-corrected chi connectivity index (χ3v) is 4.48. The fraction of sp³-hybridized carbons (Fsp3) is 0.208. The molecule has 3 rings (SSSR count). The maximum absolute atomic E-state index is 12.4. The Balaban J connectivity index is 1.44. The number of esters is 1. The van der Waals surface area contributed by atoms with Crippen LogP contribution in [-0.4, -0.2) is 54.6 Å². The lowest BCUT2D eigenvalue weighted by atomic mass is 10.2. The minimum absolute atomic E-state index is 0.102. The van der Waals surface area contributed by atoms with E-state index >= 15 is 0 Å². The number of carbonyl (C=O) groups excluding carboxylic acids is 3. The number of carbonyl (C=O) groups is 3. The average Bonchev–Trinajstić information content (AvgIpc) is 2.85. The van der Waals surface area contributed by atoms with Crippen LogP contribution in [0.5, 0.6) is 5.75 Å². The molecule has 1 aromatic heterocycles. The van der Waals surface area contributed by atoms with Crippen molar-refractivity contribution in [3.8, 4) is 5.75 Å². The summed E-state index contributed by atoms with van der Waals surface area (Å²) >= 11 is 0. The van der Waals surface area contributed by atoms with Crippen molar-refractivity contribution in [1.82, 2.24) is 9.97 Å². The molecular weight excluding hydrogens is 438 g/mol. The van der Waals surface area contributed by atoms with Crippen LogP contribution in [0.1, 0.15) is 17.3 Å². The van der Waals surface area contributed by atoms with Crippen molar-refractivity contribution in [2.45, 2.75) is 6.92 Å². The number of hydrogen-bond acceptors (Lipinski definition) is 8. The van der Waals surface area contributed by atoms with E-state index in [-0.39, 0.29) is 12.5 Å². The van der Waals surface area contributed by atoms with E-state index in [0.717, 1.165) is 5.75 Å². The molecule has 0 saturated carbocycles. The maximum atomic E-state index is 12.4. The molecule has 1 heterocycles. The van der Waals surface area contributed by atoms with Crippen molar-refractivity contribution in [1.29, 1.82) is 0 Å². The van der Waals surface area contributed by atoms with Crippen LogP contribution in [0.15, 0.2) is 67.0 Å². The fourth-order valence-electron chi connectivity index (χ4n) is 2.85. The summed E-state index contributed by atoms with van der Waals surface area (Å²) in [6.07, 6.45) is 3.12. The van der Waals surface area contributed by atoms with Gasteiger partial charge in [0.15, 0.2) is 6.61 Å². The Kier molecular flexibility index (Phi) is 8.50. The Labute approximate surface area is 196 Å². The summed E-state index contributed by atoms with van der Waals surface area (Å²) in [5.41, 5.74) is 1.52. The second-order valence-corrected chi connectivity index (χ2v) is 7.10. The second-order valence-electron chi connectivity index (χ2n) is 7.10. The predicted octanol–water partition coefficient (Wildman–Crippen LogP) is 2.75. The Morgan fingerprint density at radius 3 is 2.18 bits per heavy atom. The average molecular weight is 463 g/mol. The van der Waals surface area contributed by atoms with E-state index in [4.69, 9.17) is 9.47 Å². The van der Waals surface area contributed by atoms with Gasteiger partial charge in [0.1, 0.15) is 12.3 Å². The van der Waals surface area contributed by atoms with Gasteiger partial charge in [0.05, 0.1) is 6.61 Å². The van der Waals surface area contributed by atoms with Gasteiger partial charge in [-0.3, -0.25) is 14.4 Å². The number of nitrogens with one attached hydrogen (secondary N) is 2. The zero-order valence-corrected chi connectivity index (χ0v) is 18.9. The maximum Gasteiger partial charge on any atom is 0.326 e. The van der Waals surface area contributed by atoms with Gasteiger partial charge in [0, 0.05) is 36.4 Å². The van der Waals surface area contributed by atoms with Crippen molar-refractivity contribution >= 4 is 35.1 Å². The topological polar surface area (TPSA) is 123 Å². The molecule has 3 aromatic rings. The van der Waals surface area contributed by atoms with E-state index in [1.807, 2.05) is 6.92 Å². The van der Waals surface area contributed by atoms with Crippen LogP contribution >= 0.6 is 0 Å². The highest BCUT2D eigenvalue weighted by atomic mass is 16.5. The minimum Gasteiger partial charge on any atom is -0.494 e. The number of likely N-dealkylation sites (N-methyl/N-ethyl adjacent to an activating group) is 1. The van der Waals surface area contributed by atoms with Gasteiger partial charge in [0.2, 0.25) is 5.95 Å². The van der Waals surface area contributed by atoms with Crippen LogP contribution in [0.2, 0.25) is 0 Å². The van der Waals surface area contributed by atoms with Gasteiger partial charge >= 0.3 is 5.97 Å². The number of amides is 2. The third-order valence-electron chi connectivity index (χ3n) is 4.48. The van der Waals surface area contributed by atoms with E-state index in [0.29, 0.717) is 29.5 Å². The van der Waals surface area contributed by atoms with E-state index in [9.17, 15) is 14.4 Å². The first-order chi connectivity index (χ1) is 16.4. The lowest BCUT2D eigenvalue weighted by Gasteiger charge is -2.15. The first-order valence-electron chi connectivity index (χ1n) is 10.5. The Bertz CT molecular complexity index is 1100. The molecule has 0 aliphatic heterocycles. The molecule has 2 aromatic carbocycles. The highest BCUT2D eigenvalue weighted by Gasteiger charge is 2.13. The van der Waals surface area contributed by atoms with Crippen molar-refractivity contribution in [3.05, 3.63) is 72.6 Å². The number of benzene rings is 2. The van der Waals surface area contributed by atoms with E-state index < -0.39 is 18.5 Å². The first-order valence-corrected chi connectivity index (χ1v) is 10.5. The molecule has 0 aliphatic rings. The number of anilines is 3. The molecule has 10 nitrogen and oxygen atoms in total. The standard InChI is InChI=1S/C24H25N5O5/c1-3-33-20-11-9-19(10-12-20)28-23(32)17-5-7-18(8-6-17)27-21(30)16-34-22(31)15-29(2)24-25-13-4-14-26-24/h4-14H,3,15-16H2,1-2H3,(H,27,30)(H,28,32). The monoisotopic (exact) mass is 463 g/mol. The van der Waals surface area contributed by atoms with Crippen LogP contribution in [-0.2, 0) is 14.3 Å². The molecule has 2 N–H and O–H groups in total. The molecule has 176 valence electrons. The highest BCUT2D eigenvalue weighted by molar-refractivity contribution is 6.04. The molecule has 0 radical (unpaired) electrons. The Morgan fingerprint density at radius 1 is 0.912 bits per heavy atom. The highest BCUT2D eigenvalue weighted by Crippen LogP contribution is 2.17. The number of rotatable bonds is 10. The number of ether oxygens (including phenoxy) is 2. The summed E-state index contributed by atoms with van der Waals surface area (Å²) in [4.78, 5) is 46.0. The quantitative estimate of drug-likeness (QED) is 0.440. The molecule has 10 heteroatoms. The molecule has 34 heavy (non-hydrogen) atoms. The van der Waals surface area contributed by atoms with Crippen molar-refractivity contribution in [2.24, 2.45) is 0 Å². The number of hydrogen-bond donors (Lipinski definition) is 2. The number of nitrogens with zero attached hydrogens (tertiary/aromatic N) is 3. The fourth-order valence-corrected chi connectivity index (χ4v) is 2.85. The predicted molar refractivity (Wildman–Crippen MR) is 127 cm³/mol. The van der Waals surface area contributed by atoms with Crippen molar-refractivity contribution in [2.75, 3.05) is 42.3 Å². The molecular formula is C24H25N5O5. The molecule has 0 unspecified atom stereocenters. The SMILES string of the molecule is CCOc1ccc(NC(=O)c2ccc(NC(=O)COC(=O)CN(C)c3ncccn3)cc2)cc1. The Morgan fingerprint density at radius 2 is 1.53 bits per heavy atom. The van der Waals surface area contributed by atoms with Crippen LogP contribution in [0.25, 0.3) is 0 Å². The normalized spacial score (nSPS) is 10.2. The smallest absolute Gasteiger partial charge is 0.326 e. The summed E-state index contributed by atoms with van der Waals surface area (Å²) in [5.74, 6) is -0.286. The molecule has 0 saturated heterocycles. The minimum atomic E-state index is -0.591. The zero-order chi connectivity index (χ0) is 24.3. The summed E-state index contributed by atoms with van der Waals surface area (Å²) < 4.78 is 10.4. The largest absolute Gasteiger partial charge is 0.494 e. The molecule has 0 bridgehead atoms. The van der Waals surface area contributed by atoms with Crippen LogP contribution < -0.4 is 20.3 Å². The van der Waals surface area contributed by atoms with Gasteiger partial charge < -0.3 is 25.0 Å². The number of aromatic nitrogens is 2. The van der Waals surface area contributed by atoms with Crippen molar-refractivity contribution < 1.29 is 23.9 Å². The summed E-state index contributed by atoms with van der Waals surface area (Å²) in [5, 5.41) is 5.41. The van der Waals surface area contributed by atoms with Gasteiger partial charge in [-0.25, -0.2) is 9.97 Å². The van der Waals surface area contributed by atoms with Crippen molar-refractivity contribution in [3.63, 3.8) is 0 Å². The molecule has 0 atom stereocenters. The van der Waals surface area contributed by atoms with E-state index in [1.54, 1.807) is 74.0 Å². The third kappa shape index (κ3) is 7.30. The van der Waals surface area contributed by atoms with E-state index in [2.05, 4.69) is 20.6 Å². The lowest BCUT2D eigenvalue weighted by Crippen LogP contribution is -2.30. The summed E-state index contributed by atoms with van der Waals surface area (Å²) in [7, 11) is 1.64. The van der Waals surface area contributed by atoms with Gasteiger partial charge in [0.25, 0.3) is 11.8 Å². The van der Waals surface area contributed by atoms with Gasteiger partial charge in [-0.1, -0.05) is 0 Å². The first kappa shape index (κ1) is 24.2.